The van der Waals surface area contributed by atoms with Crippen molar-refractivity contribution in [1.29, 1.82) is 0 Å². The van der Waals surface area contributed by atoms with E-state index in [0.29, 0.717) is 18.8 Å². The molecule has 19 heavy (non-hydrogen) atoms. The molecule has 1 aliphatic heterocycles. The predicted octanol–water partition coefficient (Wildman–Crippen LogP) is 3.10. The fourth-order valence-corrected chi connectivity index (χ4v) is 2.19. The van der Waals surface area contributed by atoms with Crippen molar-refractivity contribution >= 4 is 5.97 Å². The standard InChI is InChI=1S/C16H20O3/c1-12-13(2)16(17)19-15(12)9-6-10-18-11-14-7-4-3-5-8-14/h3-5,7-8,12,15H,2,6,9-11H2,1H3/t12-,15+/m1/s1. The van der Waals surface area contributed by atoms with Gasteiger partial charge < -0.3 is 9.47 Å². The topological polar surface area (TPSA) is 35.5 Å². The van der Waals surface area contributed by atoms with Crippen LogP contribution in [0.2, 0.25) is 0 Å². The summed E-state index contributed by atoms with van der Waals surface area (Å²) in [6.45, 7) is 7.05. The molecule has 1 saturated heterocycles. The highest BCUT2D eigenvalue weighted by molar-refractivity contribution is 5.90. The normalized spacial score (nSPS) is 22.6. The van der Waals surface area contributed by atoms with Crippen LogP contribution in [0.4, 0.5) is 0 Å². The highest BCUT2D eigenvalue weighted by Crippen LogP contribution is 2.28. The summed E-state index contributed by atoms with van der Waals surface area (Å²) in [6.07, 6.45) is 1.70. The Morgan fingerprint density at radius 1 is 1.32 bits per heavy atom. The fourth-order valence-electron chi connectivity index (χ4n) is 2.19. The lowest BCUT2D eigenvalue weighted by molar-refractivity contribution is -0.139. The Bertz CT molecular complexity index is 439. The number of carbonyl (C=O) groups excluding carboxylic acids is 1. The largest absolute Gasteiger partial charge is 0.458 e. The van der Waals surface area contributed by atoms with Crippen molar-refractivity contribution in [3.8, 4) is 0 Å². The van der Waals surface area contributed by atoms with Crippen LogP contribution in [0.5, 0.6) is 0 Å². The van der Waals surface area contributed by atoms with Gasteiger partial charge in [0.2, 0.25) is 0 Å². The van der Waals surface area contributed by atoms with Crippen LogP contribution in [0.3, 0.4) is 0 Å². The molecule has 3 heteroatoms. The van der Waals surface area contributed by atoms with E-state index < -0.39 is 0 Å². The summed E-state index contributed by atoms with van der Waals surface area (Å²) in [4.78, 5) is 11.3. The summed E-state index contributed by atoms with van der Waals surface area (Å²) in [5, 5.41) is 0. The Morgan fingerprint density at radius 2 is 2.05 bits per heavy atom. The second-order valence-electron chi connectivity index (χ2n) is 4.94. The first-order valence-corrected chi connectivity index (χ1v) is 6.70. The van der Waals surface area contributed by atoms with Crippen LogP contribution in [0.15, 0.2) is 42.5 Å². The lowest BCUT2D eigenvalue weighted by Crippen LogP contribution is -2.14. The van der Waals surface area contributed by atoms with Gasteiger partial charge >= 0.3 is 5.97 Å². The lowest BCUT2D eigenvalue weighted by Gasteiger charge is -2.13. The number of rotatable bonds is 6. The minimum Gasteiger partial charge on any atom is -0.458 e. The van der Waals surface area contributed by atoms with Crippen LogP contribution < -0.4 is 0 Å². The van der Waals surface area contributed by atoms with E-state index in [1.54, 1.807) is 0 Å². The molecule has 102 valence electrons. The molecule has 0 bridgehead atoms. The summed E-state index contributed by atoms with van der Waals surface area (Å²) >= 11 is 0. The van der Waals surface area contributed by atoms with Crippen molar-refractivity contribution < 1.29 is 14.3 Å². The van der Waals surface area contributed by atoms with Crippen LogP contribution in [-0.4, -0.2) is 18.7 Å². The zero-order valence-electron chi connectivity index (χ0n) is 11.3. The summed E-state index contributed by atoms with van der Waals surface area (Å²) in [7, 11) is 0. The summed E-state index contributed by atoms with van der Waals surface area (Å²) < 4.78 is 10.9. The van der Waals surface area contributed by atoms with Gasteiger partial charge in [-0.25, -0.2) is 4.79 Å². The summed E-state index contributed by atoms with van der Waals surface area (Å²) in [5.41, 5.74) is 1.77. The van der Waals surface area contributed by atoms with Gasteiger partial charge in [-0.1, -0.05) is 43.8 Å². The molecule has 1 aromatic rings. The van der Waals surface area contributed by atoms with E-state index in [-0.39, 0.29) is 18.0 Å². The van der Waals surface area contributed by atoms with Crippen molar-refractivity contribution in [1.82, 2.24) is 0 Å². The molecular weight excluding hydrogens is 240 g/mol. The highest BCUT2D eigenvalue weighted by Gasteiger charge is 2.34. The van der Waals surface area contributed by atoms with Gasteiger partial charge in [0.05, 0.1) is 6.61 Å². The van der Waals surface area contributed by atoms with E-state index >= 15 is 0 Å². The van der Waals surface area contributed by atoms with Gasteiger partial charge in [0, 0.05) is 18.1 Å². The molecular formula is C16H20O3. The first-order chi connectivity index (χ1) is 9.18. The second-order valence-corrected chi connectivity index (χ2v) is 4.94. The molecule has 0 amide bonds. The monoisotopic (exact) mass is 260 g/mol. The Hall–Kier alpha value is -1.61. The Balaban J connectivity index is 1.63. The fraction of sp³-hybridized carbons (Fsp3) is 0.438. The maximum atomic E-state index is 11.3. The summed E-state index contributed by atoms with van der Waals surface area (Å²) in [6, 6.07) is 10.1. The van der Waals surface area contributed by atoms with Crippen molar-refractivity contribution in [2.75, 3.05) is 6.61 Å². The molecule has 2 rings (SSSR count). The van der Waals surface area contributed by atoms with Gasteiger partial charge in [0.25, 0.3) is 0 Å². The molecule has 1 aromatic carbocycles. The van der Waals surface area contributed by atoms with E-state index in [0.717, 1.165) is 12.8 Å². The molecule has 0 spiro atoms. The average Bonchev–Trinajstić information content (AvgIpc) is 2.67. The minimum atomic E-state index is -0.247. The van der Waals surface area contributed by atoms with E-state index in [4.69, 9.17) is 9.47 Å². The van der Waals surface area contributed by atoms with Crippen LogP contribution >= 0.6 is 0 Å². The van der Waals surface area contributed by atoms with Gasteiger partial charge in [-0.3, -0.25) is 0 Å². The number of cyclic esters (lactones) is 1. The second kappa shape index (κ2) is 6.53. The Labute approximate surface area is 114 Å². The molecule has 2 atom stereocenters. The minimum absolute atomic E-state index is 0.0275. The van der Waals surface area contributed by atoms with Crippen molar-refractivity contribution in [3.63, 3.8) is 0 Å². The zero-order chi connectivity index (χ0) is 13.7. The highest BCUT2D eigenvalue weighted by atomic mass is 16.6. The molecule has 1 fully saturated rings. The third kappa shape index (κ3) is 3.67. The molecule has 1 aliphatic rings. The Kier molecular flexibility index (Phi) is 4.74. The van der Waals surface area contributed by atoms with E-state index in [1.165, 1.54) is 5.56 Å². The molecule has 0 unspecified atom stereocenters. The number of ether oxygens (including phenoxy) is 2. The van der Waals surface area contributed by atoms with E-state index in [9.17, 15) is 4.79 Å². The molecule has 3 nitrogen and oxygen atoms in total. The van der Waals surface area contributed by atoms with Crippen LogP contribution in [0.1, 0.15) is 25.3 Å². The van der Waals surface area contributed by atoms with Crippen LogP contribution in [0, 0.1) is 5.92 Å². The van der Waals surface area contributed by atoms with Gasteiger partial charge in [0.1, 0.15) is 6.10 Å². The van der Waals surface area contributed by atoms with Gasteiger partial charge in [-0.15, -0.1) is 0 Å². The molecule has 0 saturated carbocycles. The van der Waals surface area contributed by atoms with Gasteiger partial charge in [0.15, 0.2) is 0 Å². The third-order valence-corrected chi connectivity index (χ3v) is 3.52. The number of esters is 1. The smallest absolute Gasteiger partial charge is 0.334 e. The van der Waals surface area contributed by atoms with E-state index in [1.807, 2.05) is 37.3 Å². The van der Waals surface area contributed by atoms with Crippen molar-refractivity contribution in [2.24, 2.45) is 5.92 Å². The maximum absolute atomic E-state index is 11.3. The third-order valence-electron chi connectivity index (χ3n) is 3.52. The van der Waals surface area contributed by atoms with Crippen LogP contribution in [-0.2, 0) is 20.9 Å². The maximum Gasteiger partial charge on any atom is 0.334 e. The SMILES string of the molecule is C=C1C(=O)O[C@@H](CCCOCc2ccccc2)[C@@H]1C. The first-order valence-electron chi connectivity index (χ1n) is 6.70. The number of hydrogen-bond donors (Lipinski definition) is 0. The number of benzene rings is 1. The molecule has 0 aromatic heterocycles. The van der Waals surface area contributed by atoms with Crippen LogP contribution in [0.25, 0.3) is 0 Å². The van der Waals surface area contributed by atoms with Gasteiger partial charge in [-0.05, 0) is 18.4 Å². The average molecular weight is 260 g/mol. The molecule has 0 radical (unpaired) electrons. The molecule has 0 aliphatic carbocycles. The predicted molar refractivity (Wildman–Crippen MR) is 73.5 cm³/mol. The van der Waals surface area contributed by atoms with Gasteiger partial charge in [-0.2, -0.15) is 0 Å². The number of carbonyl (C=O) groups is 1. The zero-order valence-corrected chi connectivity index (χ0v) is 11.3. The first kappa shape index (κ1) is 13.8. The Morgan fingerprint density at radius 3 is 2.68 bits per heavy atom. The molecule has 0 N–H and O–H groups in total. The van der Waals surface area contributed by atoms with E-state index in [2.05, 4.69) is 6.58 Å². The number of hydrogen-bond acceptors (Lipinski definition) is 3. The van der Waals surface area contributed by atoms with Crippen molar-refractivity contribution in [3.05, 3.63) is 48.0 Å². The quantitative estimate of drug-likeness (QED) is 0.448. The van der Waals surface area contributed by atoms with Crippen molar-refractivity contribution in [2.45, 2.75) is 32.5 Å². The lowest BCUT2D eigenvalue weighted by atomic mass is 9.97. The molecule has 1 heterocycles. The summed E-state index contributed by atoms with van der Waals surface area (Å²) in [5.74, 6) is -0.121.